The van der Waals surface area contributed by atoms with E-state index in [1.165, 1.54) is 19.3 Å². The van der Waals surface area contributed by atoms with Gasteiger partial charge in [-0.2, -0.15) is 0 Å². The third-order valence-electron chi connectivity index (χ3n) is 3.36. The van der Waals surface area contributed by atoms with Crippen LogP contribution in [-0.2, 0) is 20.8 Å². The molecule has 1 aromatic carbocycles. The predicted octanol–water partition coefficient (Wildman–Crippen LogP) is 4.68. The molecule has 1 aliphatic carbocycles. The molecule has 5 heteroatoms. The quantitative estimate of drug-likeness (QED) is 0.744. The summed E-state index contributed by atoms with van der Waals surface area (Å²) in [5.41, 5.74) is 1.74. The molecule has 1 saturated carbocycles. The number of para-hydroxylation sites is 1. The molecule has 1 fully saturated rings. The summed E-state index contributed by atoms with van der Waals surface area (Å²) in [6.07, 6.45) is 5.47. The first-order valence-corrected chi connectivity index (χ1v) is 12.7. The summed E-state index contributed by atoms with van der Waals surface area (Å²) in [5, 5.41) is 9.83. The number of phenols is 1. The average Bonchev–Trinajstić information content (AvgIpc) is 2.78. The van der Waals surface area contributed by atoms with Gasteiger partial charge in [0.1, 0.15) is 5.75 Å². The zero-order chi connectivity index (χ0) is 14.3. The van der Waals surface area contributed by atoms with E-state index in [1.54, 1.807) is 0 Å². The Bertz CT molecular complexity index is 426. The van der Waals surface area contributed by atoms with Gasteiger partial charge < -0.3 is 5.11 Å². The summed E-state index contributed by atoms with van der Waals surface area (Å²) in [5.74, 6) is 1.16. The first-order chi connectivity index (χ1) is 9.08. The number of aliphatic imine (C=N–C) groups is 1. The molecular formula is C14H19Cl2NOZr. The topological polar surface area (TPSA) is 32.6 Å². The van der Waals surface area contributed by atoms with Crippen LogP contribution in [0.3, 0.4) is 0 Å². The van der Waals surface area contributed by atoms with E-state index in [0.717, 1.165) is 17.0 Å². The van der Waals surface area contributed by atoms with Gasteiger partial charge in [-0.15, -0.1) is 0 Å². The van der Waals surface area contributed by atoms with Crippen molar-refractivity contribution in [2.24, 2.45) is 10.9 Å². The number of aromatic hydroxyl groups is 1. The summed E-state index contributed by atoms with van der Waals surface area (Å²) >= 11 is -0.826. The van der Waals surface area contributed by atoms with Crippen molar-refractivity contribution in [3.8, 4) is 5.75 Å². The summed E-state index contributed by atoms with van der Waals surface area (Å²) in [6, 6.07) is 6.22. The Balaban J connectivity index is 0.000000550. The first-order valence-electron chi connectivity index (χ1n) is 6.36. The van der Waals surface area contributed by atoms with Crippen molar-refractivity contribution in [2.45, 2.75) is 39.2 Å². The second-order valence-electron chi connectivity index (χ2n) is 4.93. The average molecular weight is 379 g/mol. The van der Waals surface area contributed by atoms with Crippen molar-refractivity contribution in [1.29, 1.82) is 0 Å². The zero-order valence-electron chi connectivity index (χ0n) is 11.2. The Hall–Kier alpha value is 0.153. The molecule has 2 nitrogen and oxygen atoms in total. The van der Waals surface area contributed by atoms with E-state index < -0.39 is 20.8 Å². The minimum atomic E-state index is -0.826. The van der Waals surface area contributed by atoms with Crippen molar-refractivity contribution in [1.82, 2.24) is 0 Å². The van der Waals surface area contributed by atoms with Gasteiger partial charge in [0, 0.05) is 11.8 Å². The van der Waals surface area contributed by atoms with E-state index in [-0.39, 0.29) is 0 Å². The Morgan fingerprint density at radius 1 is 1.37 bits per heavy atom. The van der Waals surface area contributed by atoms with E-state index in [0.29, 0.717) is 11.8 Å². The Morgan fingerprint density at radius 3 is 2.63 bits per heavy atom. The molecule has 0 aromatic heterocycles. The molecule has 1 aromatic rings. The molecule has 1 N–H and O–H groups in total. The zero-order valence-corrected chi connectivity index (χ0v) is 15.2. The van der Waals surface area contributed by atoms with E-state index in [1.807, 2.05) is 31.3 Å². The standard InChI is InChI=1S/C14H19NO.2ClH.Zr/c1-10-6-7-13(8-10)15-9-12-5-3-4-11(2)14(12)16;;;/h3-5,9-10,13,16H,6-8H2,1-2H3;2*1H;/q;;;+2/p-2. The van der Waals surface area contributed by atoms with Crippen molar-refractivity contribution in [3.05, 3.63) is 29.3 Å². The Labute approximate surface area is 133 Å². The third kappa shape index (κ3) is 5.98. The van der Waals surface area contributed by atoms with Crippen LogP contribution in [0.4, 0.5) is 0 Å². The molecule has 0 spiro atoms. The number of hydrogen-bond acceptors (Lipinski definition) is 2. The van der Waals surface area contributed by atoms with Gasteiger partial charge in [0.15, 0.2) is 0 Å². The molecule has 0 amide bonds. The van der Waals surface area contributed by atoms with Crippen LogP contribution in [0.2, 0.25) is 0 Å². The van der Waals surface area contributed by atoms with Crippen LogP contribution in [0.15, 0.2) is 23.2 Å². The number of aryl methyl sites for hydroxylation is 1. The van der Waals surface area contributed by atoms with Crippen LogP contribution < -0.4 is 0 Å². The van der Waals surface area contributed by atoms with Gasteiger partial charge in [0.25, 0.3) is 0 Å². The van der Waals surface area contributed by atoms with Crippen LogP contribution in [0.25, 0.3) is 0 Å². The number of hydrogen-bond donors (Lipinski definition) is 1. The van der Waals surface area contributed by atoms with Crippen molar-refractivity contribution in [3.63, 3.8) is 0 Å². The monoisotopic (exact) mass is 377 g/mol. The maximum atomic E-state index is 9.83. The van der Waals surface area contributed by atoms with Gasteiger partial charge in [0.2, 0.25) is 0 Å². The second-order valence-corrected chi connectivity index (χ2v) is 8.67. The van der Waals surface area contributed by atoms with Gasteiger partial charge in [-0.1, -0.05) is 19.1 Å². The number of halogens is 2. The molecular weight excluding hydrogens is 360 g/mol. The fraction of sp³-hybridized carbons (Fsp3) is 0.500. The SMILES string of the molecule is Cc1cccc(C=NC2CCC(C)C2)c1O.[Cl][Zr][Cl]. The van der Waals surface area contributed by atoms with Gasteiger partial charge >= 0.3 is 37.9 Å². The van der Waals surface area contributed by atoms with Gasteiger partial charge in [-0.3, -0.25) is 4.99 Å². The molecule has 19 heavy (non-hydrogen) atoms. The molecule has 104 valence electrons. The fourth-order valence-electron chi connectivity index (χ4n) is 2.28. The van der Waals surface area contributed by atoms with E-state index >= 15 is 0 Å². The van der Waals surface area contributed by atoms with Gasteiger partial charge in [-0.05, 0) is 43.7 Å². The molecule has 0 radical (unpaired) electrons. The normalized spacial score (nSPS) is 22.1. The molecule has 0 aliphatic heterocycles. The fourth-order valence-corrected chi connectivity index (χ4v) is 2.28. The van der Waals surface area contributed by atoms with E-state index in [4.69, 9.17) is 17.0 Å². The van der Waals surface area contributed by atoms with E-state index in [2.05, 4.69) is 11.9 Å². The number of phenolic OH excluding ortho intramolecular Hbond substituents is 1. The van der Waals surface area contributed by atoms with Crippen molar-refractivity contribution in [2.75, 3.05) is 0 Å². The predicted molar refractivity (Wildman–Crippen MR) is 78.9 cm³/mol. The summed E-state index contributed by atoms with van der Waals surface area (Å²) < 4.78 is 0. The van der Waals surface area contributed by atoms with Crippen LogP contribution in [0.1, 0.15) is 37.3 Å². The molecule has 0 bridgehead atoms. The van der Waals surface area contributed by atoms with E-state index in [9.17, 15) is 5.11 Å². The van der Waals surface area contributed by atoms with Crippen LogP contribution in [0, 0.1) is 12.8 Å². The molecule has 2 rings (SSSR count). The van der Waals surface area contributed by atoms with Crippen LogP contribution in [0.5, 0.6) is 5.75 Å². The summed E-state index contributed by atoms with van der Waals surface area (Å²) in [4.78, 5) is 4.56. The number of rotatable bonds is 2. The molecule has 1 aliphatic rings. The van der Waals surface area contributed by atoms with Crippen LogP contribution in [-0.4, -0.2) is 17.4 Å². The Kier molecular flexibility index (Phi) is 8.29. The van der Waals surface area contributed by atoms with Gasteiger partial charge in [-0.25, -0.2) is 0 Å². The third-order valence-corrected chi connectivity index (χ3v) is 3.36. The minimum absolute atomic E-state index is 0.359. The van der Waals surface area contributed by atoms with Crippen molar-refractivity contribution >= 4 is 23.2 Å². The van der Waals surface area contributed by atoms with Crippen molar-refractivity contribution < 1.29 is 26.0 Å². The molecule has 2 unspecified atom stereocenters. The summed E-state index contributed by atoms with van der Waals surface area (Å²) in [7, 11) is 9.87. The maximum absolute atomic E-state index is 9.83. The molecule has 0 saturated heterocycles. The summed E-state index contributed by atoms with van der Waals surface area (Å²) in [6.45, 7) is 4.18. The number of benzene rings is 1. The Morgan fingerprint density at radius 2 is 2.05 bits per heavy atom. The molecule has 0 heterocycles. The second kappa shape index (κ2) is 9.16. The van der Waals surface area contributed by atoms with Crippen LogP contribution >= 0.6 is 17.0 Å². The van der Waals surface area contributed by atoms with Gasteiger partial charge in [0.05, 0.1) is 6.04 Å². The first kappa shape index (κ1) is 17.2. The molecule has 2 atom stereocenters. The number of nitrogens with zero attached hydrogens (tertiary/aromatic N) is 1.